The van der Waals surface area contributed by atoms with Gasteiger partial charge < -0.3 is 10.1 Å². The van der Waals surface area contributed by atoms with Crippen LogP contribution in [-0.4, -0.2) is 34.5 Å². The van der Waals surface area contributed by atoms with Gasteiger partial charge in [-0.3, -0.25) is 14.0 Å². The lowest BCUT2D eigenvalue weighted by Gasteiger charge is -2.55. The van der Waals surface area contributed by atoms with Crippen LogP contribution >= 0.6 is 11.3 Å². The molecule has 1 N–H and O–H groups in total. The van der Waals surface area contributed by atoms with Gasteiger partial charge in [-0.15, -0.1) is 11.3 Å². The third kappa shape index (κ3) is 2.38. The van der Waals surface area contributed by atoms with Crippen molar-refractivity contribution in [2.45, 2.75) is 45.3 Å². The van der Waals surface area contributed by atoms with Crippen molar-refractivity contribution in [2.75, 3.05) is 7.11 Å². The molecule has 1 aliphatic carbocycles. The first-order valence-corrected chi connectivity index (χ1v) is 8.73. The van der Waals surface area contributed by atoms with Gasteiger partial charge in [0.15, 0.2) is 4.96 Å². The smallest absolute Gasteiger partial charge is 0.271 e. The molecule has 0 bridgehead atoms. The molecule has 0 saturated heterocycles. The number of rotatable bonds is 5. The fourth-order valence-corrected chi connectivity index (χ4v) is 4.37. The Kier molecular flexibility index (Phi) is 4.25. The molecule has 0 spiro atoms. The van der Waals surface area contributed by atoms with Crippen LogP contribution in [0.4, 0.5) is 0 Å². The van der Waals surface area contributed by atoms with Crippen molar-refractivity contribution < 1.29 is 9.53 Å². The normalized spacial score (nSPS) is 22.7. The maximum atomic E-state index is 12.5. The van der Waals surface area contributed by atoms with E-state index in [4.69, 9.17) is 4.74 Å². The molecule has 7 heteroatoms. The van der Waals surface area contributed by atoms with Crippen molar-refractivity contribution in [1.29, 1.82) is 0 Å². The fourth-order valence-electron chi connectivity index (χ4n) is 3.70. The Morgan fingerprint density at radius 3 is 2.91 bits per heavy atom. The van der Waals surface area contributed by atoms with E-state index in [0.717, 1.165) is 19.3 Å². The molecule has 2 aromatic rings. The maximum absolute atomic E-state index is 12.5. The van der Waals surface area contributed by atoms with Crippen LogP contribution in [0.25, 0.3) is 4.96 Å². The minimum Gasteiger partial charge on any atom is -0.381 e. The number of amides is 1. The molecule has 2 heterocycles. The first kappa shape index (κ1) is 16.1. The van der Waals surface area contributed by atoms with Crippen LogP contribution in [0.3, 0.4) is 0 Å². The molecule has 23 heavy (non-hydrogen) atoms. The van der Waals surface area contributed by atoms with E-state index < -0.39 is 0 Å². The Morgan fingerprint density at radius 1 is 1.52 bits per heavy atom. The predicted octanol–water partition coefficient (Wildman–Crippen LogP) is 2.08. The van der Waals surface area contributed by atoms with Crippen LogP contribution < -0.4 is 10.9 Å². The molecule has 0 radical (unpaired) electrons. The van der Waals surface area contributed by atoms with Gasteiger partial charge in [-0.05, 0) is 19.3 Å². The van der Waals surface area contributed by atoms with E-state index in [2.05, 4.69) is 24.1 Å². The van der Waals surface area contributed by atoms with Crippen molar-refractivity contribution in [3.63, 3.8) is 0 Å². The van der Waals surface area contributed by atoms with Crippen molar-refractivity contribution in [3.05, 3.63) is 33.7 Å². The van der Waals surface area contributed by atoms with E-state index in [-0.39, 0.29) is 34.6 Å². The highest BCUT2D eigenvalue weighted by Crippen LogP contribution is 2.48. The van der Waals surface area contributed by atoms with Crippen LogP contribution in [0.5, 0.6) is 0 Å². The molecule has 0 unspecified atom stereocenters. The Hall–Kier alpha value is -1.73. The van der Waals surface area contributed by atoms with Crippen LogP contribution in [0.2, 0.25) is 0 Å². The highest BCUT2D eigenvalue weighted by Gasteiger charge is 2.53. The number of carbonyl (C=O) groups is 1. The Morgan fingerprint density at radius 2 is 2.26 bits per heavy atom. The number of nitrogens with zero attached hydrogens (tertiary/aromatic N) is 2. The summed E-state index contributed by atoms with van der Waals surface area (Å²) in [6, 6.07) is 0.0255. The number of ether oxygens (including phenoxy) is 1. The minimum absolute atomic E-state index is 0.0255. The molecule has 0 aliphatic heterocycles. The number of hydrogen-bond donors (Lipinski definition) is 1. The number of thiazole rings is 1. The lowest BCUT2D eigenvalue weighted by atomic mass is 9.58. The molecule has 1 aliphatic rings. The van der Waals surface area contributed by atoms with Crippen LogP contribution in [0.1, 0.15) is 43.5 Å². The molecule has 3 rings (SSSR count). The first-order chi connectivity index (χ1) is 11.1. The van der Waals surface area contributed by atoms with Gasteiger partial charge in [0, 0.05) is 36.3 Å². The zero-order valence-corrected chi connectivity index (χ0v) is 14.4. The summed E-state index contributed by atoms with van der Waals surface area (Å²) < 4.78 is 6.95. The van der Waals surface area contributed by atoms with Gasteiger partial charge in [0.05, 0.1) is 6.10 Å². The molecule has 2 aromatic heterocycles. The summed E-state index contributed by atoms with van der Waals surface area (Å²) in [4.78, 5) is 29.7. The van der Waals surface area contributed by atoms with Crippen molar-refractivity contribution in [3.8, 4) is 0 Å². The Balaban J connectivity index is 1.84. The van der Waals surface area contributed by atoms with E-state index in [0.29, 0.717) is 4.96 Å². The molecule has 124 valence electrons. The molecule has 0 aromatic carbocycles. The summed E-state index contributed by atoms with van der Waals surface area (Å²) in [6.45, 7) is 4.23. The van der Waals surface area contributed by atoms with Crippen molar-refractivity contribution in [1.82, 2.24) is 14.7 Å². The molecule has 1 saturated carbocycles. The zero-order chi connectivity index (χ0) is 16.6. The molecule has 1 amide bonds. The second kappa shape index (κ2) is 6.05. The number of fused-ring (bicyclic) bond motifs is 1. The standard InChI is InChI=1S/C16H21N3O3S/c1-4-16(5-2)11(8-12(16)22-3)18-13(20)10-9-17-15-19(14(10)21)6-7-23-15/h6-7,9,11-12H,4-5,8H2,1-3H3,(H,18,20)/t11-,12-/m0/s1. The Labute approximate surface area is 138 Å². The average molecular weight is 335 g/mol. The number of carbonyl (C=O) groups excluding carboxylic acids is 1. The quantitative estimate of drug-likeness (QED) is 0.908. The number of nitrogens with one attached hydrogen (secondary N) is 1. The van der Waals surface area contributed by atoms with Crippen LogP contribution in [-0.2, 0) is 4.74 Å². The van der Waals surface area contributed by atoms with Gasteiger partial charge in [-0.2, -0.15) is 0 Å². The van der Waals surface area contributed by atoms with Crippen molar-refractivity contribution in [2.24, 2.45) is 5.41 Å². The van der Waals surface area contributed by atoms with Crippen LogP contribution in [0, 0.1) is 5.41 Å². The monoisotopic (exact) mass is 335 g/mol. The molecular formula is C16H21N3O3S. The van der Waals surface area contributed by atoms with Gasteiger partial charge in [0.1, 0.15) is 5.56 Å². The first-order valence-electron chi connectivity index (χ1n) is 7.86. The fraction of sp³-hybridized carbons (Fsp3) is 0.562. The zero-order valence-electron chi connectivity index (χ0n) is 13.5. The minimum atomic E-state index is -0.353. The number of aromatic nitrogens is 2. The largest absolute Gasteiger partial charge is 0.381 e. The summed E-state index contributed by atoms with van der Waals surface area (Å²) in [5.74, 6) is -0.353. The summed E-state index contributed by atoms with van der Waals surface area (Å²) in [7, 11) is 1.71. The highest BCUT2D eigenvalue weighted by atomic mass is 32.1. The van der Waals surface area contributed by atoms with E-state index in [9.17, 15) is 9.59 Å². The summed E-state index contributed by atoms with van der Waals surface area (Å²) >= 11 is 1.37. The second-order valence-electron chi connectivity index (χ2n) is 5.96. The lowest BCUT2D eigenvalue weighted by Crippen LogP contribution is -2.64. The van der Waals surface area contributed by atoms with Crippen LogP contribution in [0.15, 0.2) is 22.6 Å². The molecular weight excluding hydrogens is 314 g/mol. The van der Waals surface area contributed by atoms with E-state index in [1.165, 1.54) is 21.9 Å². The summed E-state index contributed by atoms with van der Waals surface area (Å²) in [6.07, 6.45) is 5.79. The SMILES string of the molecule is CCC1(CC)[C@@H](NC(=O)c2cnc3sccn3c2=O)C[C@@H]1OC. The lowest BCUT2D eigenvalue weighted by molar-refractivity contribution is -0.120. The third-order valence-electron chi connectivity index (χ3n) is 5.28. The molecule has 2 atom stereocenters. The summed E-state index contributed by atoms with van der Waals surface area (Å²) in [5.41, 5.74) is -0.293. The van der Waals surface area contributed by atoms with E-state index >= 15 is 0 Å². The van der Waals surface area contributed by atoms with E-state index in [1.54, 1.807) is 18.7 Å². The van der Waals surface area contributed by atoms with E-state index in [1.807, 2.05) is 0 Å². The predicted molar refractivity (Wildman–Crippen MR) is 89.0 cm³/mol. The van der Waals surface area contributed by atoms with Gasteiger partial charge in [-0.1, -0.05) is 13.8 Å². The van der Waals surface area contributed by atoms with Gasteiger partial charge in [0.25, 0.3) is 11.5 Å². The Bertz CT molecular complexity index is 778. The van der Waals surface area contributed by atoms with Gasteiger partial charge in [0.2, 0.25) is 0 Å². The topological polar surface area (TPSA) is 72.7 Å². The van der Waals surface area contributed by atoms with Gasteiger partial charge in [-0.25, -0.2) is 4.98 Å². The number of methoxy groups -OCH3 is 1. The van der Waals surface area contributed by atoms with Gasteiger partial charge >= 0.3 is 0 Å². The summed E-state index contributed by atoms with van der Waals surface area (Å²) in [5, 5.41) is 4.80. The second-order valence-corrected chi connectivity index (χ2v) is 6.83. The third-order valence-corrected chi connectivity index (χ3v) is 6.05. The molecule has 1 fully saturated rings. The molecule has 6 nitrogen and oxygen atoms in total. The van der Waals surface area contributed by atoms with Crippen molar-refractivity contribution >= 4 is 22.2 Å². The average Bonchev–Trinajstić information content (AvgIpc) is 3.02. The maximum Gasteiger partial charge on any atom is 0.271 e. The highest BCUT2D eigenvalue weighted by molar-refractivity contribution is 7.15. The number of hydrogen-bond acceptors (Lipinski definition) is 5.